The highest BCUT2D eigenvalue weighted by atomic mass is 16.5. The molecule has 0 aromatic heterocycles. The third-order valence-corrected chi connectivity index (χ3v) is 5.31. The van der Waals surface area contributed by atoms with Crippen molar-refractivity contribution in [1.29, 1.82) is 0 Å². The molecule has 0 bridgehead atoms. The lowest BCUT2D eigenvalue weighted by atomic mass is 10.1. The van der Waals surface area contributed by atoms with Gasteiger partial charge >= 0.3 is 0 Å². The van der Waals surface area contributed by atoms with Gasteiger partial charge in [0.25, 0.3) is 11.8 Å². The van der Waals surface area contributed by atoms with Crippen molar-refractivity contribution in [2.75, 3.05) is 57.6 Å². The van der Waals surface area contributed by atoms with Crippen molar-refractivity contribution in [3.05, 3.63) is 53.6 Å². The van der Waals surface area contributed by atoms with Gasteiger partial charge in [0.2, 0.25) is 0 Å². The Bertz CT molecular complexity index is 1200. The van der Waals surface area contributed by atoms with Crippen LogP contribution < -0.4 is 45.8 Å². The highest BCUT2D eigenvalue weighted by Crippen LogP contribution is 2.37. The molecule has 190 valence electrons. The first kappa shape index (κ1) is 25.8. The van der Waals surface area contributed by atoms with Crippen LogP contribution in [0.4, 0.5) is 22.7 Å². The molecule has 3 aromatic rings. The summed E-state index contributed by atoms with van der Waals surface area (Å²) in [6, 6.07) is 10.7. The number of para-hydroxylation sites is 1. The van der Waals surface area contributed by atoms with Crippen LogP contribution >= 0.6 is 0 Å². The van der Waals surface area contributed by atoms with E-state index in [0.717, 1.165) is 0 Å². The molecule has 6 N–H and O–H groups in total. The van der Waals surface area contributed by atoms with Crippen LogP contribution in [0.25, 0.3) is 0 Å². The molecule has 0 fully saturated rings. The summed E-state index contributed by atoms with van der Waals surface area (Å²) in [7, 11) is 7.21. The van der Waals surface area contributed by atoms with Gasteiger partial charge in [0.15, 0.2) is 0 Å². The summed E-state index contributed by atoms with van der Waals surface area (Å²) in [6.07, 6.45) is 0. The molecular formula is C25H28N4O7. The maximum absolute atomic E-state index is 13.2. The lowest BCUT2D eigenvalue weighted by molar-refractivity contribution is 0.102. The Morgan fingerprint density at radius 2 is 1.00 bits per heavy atom. The van der Waals surface area contributed by atoms with Gasteiger partial charge in [0.05, 0.1) is 69.4 Å². The molecule has 0 radical (unpaired) electrons. The summed E-state index contributed by atoms with van der Waals surface area (Å²) in [6.45, 7) is 0. The van der Waals surface area contributed by atoms with Gasteiger partial charge in [-0.2, -0.15) is 0 Å². The number of ether oxygens (including phenoxy) is 5. The number of benzene rings is 3. The Morgan fingerprint density at radius 3 is 1.33 bits per heavy atom. The summed E-state index contributed by atoms with van der Waals surface area (Å²) in [5, 5.41) is 5.47. The predicted octanol–water partition coefficient (Wildman–Crippen LogP) is 3.40. The van der Waals surface area contributed by atoms with E-state index in [1.807, 2.05) is 0 Å². The molecule has 36 heavy (non-hydrogen) atoms. The molecule has 2 amide bonds. The van der Waals surface area contributed by atoms with Crippen LogP contribution in [-0.4, -0.2) is 47.4 Å². The Kier molecular flexibility index (Phi) is 7.95. The van der Waals surface area contributed by atoms with Gasteiger partial charge in [0.1, 0.15) is 28.7 Å². The smallest absolute Gasteiger partial charge is 0.259 e. The molecular weight excluding hydrogens is 468 g/mol. The fraction of sp³-hybridized carbons (Fsp3) is 0.200. The number of nitrogens with one attached hydrogen (secondary N) is 2. The number of methoxy groups -OCH3 is 5. The number of rotatable bonds is 9. The average molecular weight is 497 g/mol. The molecule has 0 saturated heterocycles. The summed E-state index contributed by atoms with van der Waals surface area (Å²) >= 11 is 0. The molecule has 11 nitrogen and oxygen atoms in total. The Labute approximate surface area is 208 Å². The number of amides is 2. The fourth-order valence-electron chi connectivity index (χ4n) is 3.54. The molecule has 0 atom stereocenters. The summed E-state index contributed by atoms with van der Waals surface area (Å²) < 4.78 is 26.5. The second-order valence-corrected chi connectivity index (χ2v) is 7.38. The van der Waals surface area contributed by atoms with Gasteiger partial charge < -0.3 is 45.8 Å². The zero-order valence-corrected chi connectivity index (χ0v) is 20.6. The topological polar surface area (TPSA) is 156 Å². The number of nitrogens with two attached hydrogens (primary N) is 2. The molecule has 0 spiro atoms. The minimum Gasteiger partial charge on any atom is -0.495 e. The van der Waals surface area contributed by atoms with Crippen molar-refractivity contribution in [2.45, 2.75) is 0 Å². The van der Waals surface area contributed by atoms with Crippen LogP contribution in [0, 0.1) is 0 Å². The molecule has 0 aliphatic heterocycles. The van der Waals surface area contributed by atoms with E-state index < -0.39 is 11.8 Å². The predicted molar refractivity (Wildman–Crippen MR) is 137 cm³/mol. The number of hydrogen-bond acceptors (Lipinski definition) is 9. The molecule has 0 aliphatic carbocycles. The van der Waals surface area contributed by atoms with Crippen LogP contribution in [0.15, 0.2) is 42.5 Å². The average Bonchev–Trinajstić information content (AvgIpc) is 2.88. The van der Waals surface area contributed by atoms with Crippen molar-refractivity contribution in [2.24, 2.45) is 0 Å². The maximum Gasteiger partial charge on any atom is 0.259 e. The molecule has 3 aromatic carbocycles. The zero-order chi connectivity index (χ0) is 26.4. The van der Waals surface area contributed by atoms with E-state index in [4.69, 9.17) is 35.2 Å². The number of nitrogen functional groups attached to an aromatic ring is 2. The van der Waals surface area contributed by atoms with E-state index in [2.05, 4.69) is 10.6 Å². The maximum atomic E-state index is 13.2. The van der Waals surface area contributed by atoms with Gasteiger partial charge in [-0.25, -0.2) is 0 Å². The first-order chi connectivity index (χ1) is 17.3. The van der Waals surface area contributed by atoms with Gasteiger partial charge in [-0.05, 0) is 24.3 Å². The van der Waals surface area contributed by atoms with Gasteiger partial charge in [0, 0.05) is 12.1 Å². The van der Waals surface area contributed by atoms with Crippen LogP contribution in [-0.2, 0) is 0 Å². The van der Waals surface area contributed by atoms with Crippen LogP contribution in [0.1, 0.15) is 20.7 Å². The molecule has 0 heterocycles. The summed E-state index contributed by atoms with van der Waals surface area (Å²) in [4.78, 5) is 26.4. The number of carbonyl (C=O) groups is 2. The van der Waals surface area contributed by atoms with E-state index in [9.17, 15) is 9.59 Å². The van der Waals surface area contributed by atoms with Crippen molar-refractivity contribution < 1.29 is 33.3 Å². The second kappa shape index (κ2) is 11.1. The van der Waals surface area contributed by atoms with E-state index in [1.165, 1.54) is 59.8 Å². The number of carbonyl (C=O) groups excluding carboxylic acids is 2. The third kappa shape index (κ3) is 5.14. The third-order valence-electron chi connectivity index (χ3n) is 5.31. The summed E-state index contributed by atoms with van der Waals surface area (Å²) in [5.74, 6) is 0.448. The zero-order valence-electron chi connectivity index (χ0n) is 20.6. The lowest BCUT2D eigenvalue weighted by Crippen LogP contribution is -2.18. The van der Waals surface area contributed by atoms with E-state index in [-0.39, 0.29) is 16.9 Å². The minimum atomic E-state index is -0.546. The van der Waals surface area contributed by atoms with Crippen molar-refractivity contribution in [3.63, 3.8) is 0 Å². The standard InChI is InChI=1S/C25H28N4O7/c1-32-19-11-21(34-3)17(9-15(19)26)28-24(30)13-7-6-8-14(23(13)36-5)25(31)29-18-10-16(27)20(33-2)12-22(18)35-4/h6-12H,26-27H2,1-5H3,(H,28,30)(H,29,31). The summed E-state index contributed by atoms with van der Waals surface area (Å²) in [5.41, 5.74) is 13.4. The number of hydrogen-bond donors (Lipinski definition) is 4. The van der Waals surface area contributed by atoms with Crippen LogP contribution in [0.2, 0.25) is 0 Å². The van der Waals surface area contributed by atoms with Crippen molar-refractivity contribution in [3.8, 4) is 28.7 Å². The van der Waals surface area contributed by atoms with Crippen LogP contribution in [0.3, 0.4) is 0 Å². The van der Waals surface area contributed by atoms with E-state index in [1.54, 1.807) is 18.2 Å². The quantitative estimate of drug-likeness (QED) is 0.326. The molecule has 3 rings (SSSR count). The fourth-order valence-corrected chi connectivity index (χ4v) is 3.54. The second-order valence-electron chi connectivity index (χ2n) is 7.38. The molecule has 0 unspecified atom stereocenters. The normalized spacial score (nSPS) is 10.2. The largest absolute Gasteiger partial charge is 0.495 e. The van der Waals surface area contributed by atoms with Gasteiger partial charge in [-0.15, -0.1) is 0 Å². The first-order valence-electron chi connectivity index (χ1n) is 10.6. The highest BCUT2D eigenvalue weighted by molar-refractivity contribution is 6.13. The Morgan fingerprint density at radius 1 is 0.611 bits per heavy atom. The SMILES string of the molecule is COc1cc(OC)c(NC(=O)c2cccc(C(=O)Nc3cc(N)c(OC)cc3OC)c2OC)cc1N. The van der Waals surface area contributed by atoms with E-state index >= 15 is 0 Å². The Hall–Kier alpha value is -4.80. The first-order valence-corrected chi connectivity index (χ1v) is 10.6. The molecule has 0 aliphatic rings. The minimum absolute atomic E-state index is 0.0633. The van der Waals surface area contributed by atoms with Crippen molar-refractivity contribution in [1.82, 2.24) is 0 Å². The molecule has 11 heteroatoms. The highest BCUT2D eigenvalue weighted by Gasteiger charge is 2.23. The number of anilines is 4. The van der Waals surface area contributed by atoms with E-state index in [0.29, 0.717) is 45.7 Å². The monoisotopic (exact) mass is 496 g/mol. The van der Waals surface area contributed by atoms with Gasteiger partial charge in [-0.3, -0.25) is 9.59 Å². The lowest BCUT2D eigenvalue weighted by Gasteiger charge is -2.17. The van der Waals surface area contributed by atoms with Crippen molar-refractivity contribution >= 4 is 34.6 Å². The molecule has 0 saturated carbocycles. The van der Waals surface area contributed by atoms with Crippen LogP contribution in [0.5, 0.6) is 28.7 Å². The van der Waals surface area contributed by atoms with Gasteiger partial charge in [-0.1, -0.05) is 6.07 Å². The Balaban J connectivity index is 1.94.